The number of aliphatic hydroxyl groups excluding tert-OH is 1. The highest BCUT2D eigenvalue weighted by molar-refractivity contribution is 7.99. The molecule has 0 aliphatic carbocycles. The molecule has 0 saturated carbocycles. The zero-order valence-electron chi connectivity index (χ0n) is 11.0. The van der Waals surface area contributed by atoms with E-state index in [-0.39, 0.29) is 6.61 Å². The highest BCUT2D eigenvalue weighted by atomic mass is 32.2. The minimum atomic E-state index is 0.112. The molecule has 0 aliphatic rings. The molecule has 0 spiro atoms. The van der Waals surface area contributed by atoms with Crippen molar-refractivity contribution in [2.75, 3.05) is 0 Å². The van der Waals surface area contributed by atoms with Gasteiger partial charge < -0.3 is 5.11 Å². The predicted molar refractivity (Wildman–Crippen MR) is 77.1 cm³/mol. The SMILES string of the molecule is Cc1ccc(Sc2ccc(CO)c(C)c2)cc1C. The van der Waals surface area contributed by atoms with Crippen LogP contribution < -0.4 is 0 Å². The third-order valence-electron chi connectivity index (χ3n) is 3.20. The van der Waals surface area contributed by atoms with Crippen molar-refractivity contribution in [2.24, 2.45) is 0 Å². The maximum absolute atomic E-state index is 9.16. The van der Waals surface area contributed by atoms with Crippen molar-refractivity contribution < 1.29 is 5.11 Å². The Labute approximate surface area is 113 Å². The monoisotopic (exact) mass is 258 g/mol. The number of hydrogen-bond donors (Lipinski definition) is 1. The number of rotatable bonds is 3. The lowest BCUT2D eigenvalue weighted by Crippen LogP contribution is -1.88. The van der Waals surface area contributed by atoms with Crippen LogP contribution in [0.4, 0.5) is 0 Å². The molecule has 0 bridgehead atoms. The van der Waals surface area contributed by atoms with Gasteiger partial charge in [-0.15, -0.1) is 0 Å². The largest absolute Gasteiger partial charge is 0.392 e. The van der Waals surface area contributed by atoms with Crippen molar-refractivity contribution in [3.63, 3.8) is 0 Å². The fourth-order valence-corrected chi connectivity index (χ4v) is 2.84. The first-order valence-electron chi connectivity index (χ1n) is 6.05. The number of benzene rings is 2. The van der Waals surface area contributed by atoms with Gasteiger partial charge in [0.1, 0.15) is 0 Å². The van der Waals surface area contributed by atoms with Crippen LogP contribution in [0.3, 0.4) is 0 Å². The molecule has 18 heavy (non-hydrogen) atoms. The Kier molecular flexibility index (Phi) is 4.10. The van der Waals surface area contributed by atoms with Gasteiger partial charge >= 0.3 is 0 Å². The third-order valence-corrected chi connectivity index (χ3v) is 4.18. The van der Waals surface area contributed by atoms with Gasteiger partial charge in [0.15, 0.2) is 0 Å². The summed E-state index contributed by atoms with van der Waals surface area (Å²) in [6.07, 6.45) is 0. The van der Waals surface area contributed by atoms with E-state index in [0.29, 0.717) is 0 Å². The highest BCUT2D eigenvalue weighted by Crippen LogP contribution is 2.30. The summed E-state index contributed by atoms with van der Waals surface area (Å²) in [7, 11) is 0. The Bertz CT molecular complexity index is 561. The molecule has 0 atom stereocenters. The van der Waals surface area contributed by atoms with Crippen molar-refractivity contribution in [3.05, 3.63) is 58.7 Å². The summed E-state index contributed by atoms with van der Waals surface area (Å²) in [5.74, 6) is 0. The van der Waals surface area contributed by atoms with Crippen LogP contribution in [0.15, 0.2) is 46.2 Å². The average Bonchev–Trinajstić information content (AvgIpc) is 2.34. The molecule has 0 saturated heterocycles. The van der Waals surface area contributed by atoms with E-state index in [0.717, 1.165) is 11.1 Å². The number of hydrogen-bond acceptors (Lipinski definition) is 2. The summed E-state index contributed by atoms with van der Waals surface area (Å²) in [6, 6.07) is 12.7. The molecule has 2 heteroatoms. The molecule has 2 rings (SSSR count). The summed E-state index contributed by atoms with van der Waals surface area (Å²) >= 11 is 1.76. The van der Waals surface area contributed by atoms with Crippen LogP contribution in [-0.2, 0) is 6.61 Å². The minimum absolute atomic E-state index is 0.112. The summed E-state index contributed by atoms with van der Waals surface area (Å²) < 4.78 is 0. The van der Waals surface area contributed by atoms with Gasteiger partial charge in [-0.1, -0.05) is 23.9 Å². The highest BCUT2D eigenvalue weighted by Gasteiger charge is 2.02. The van der Waals surface area contributed by atoms with Gasteiger partial charge in [0.05, 0.1) is 6.61 Å². The van der Waals surface area contributed by atoms with Gasteiger partial charge in [-0.3, -0.25) is 0 Å². The van der Waals surface area contributed by atoms with Crippen molar-refractivity contribution in [3.8, 4) is 0 Å². The van der Waals surface area contributed by atoms with Gasteiger partial charge in [-0.2, -0.15) is 0 Å². The topological polar surface area (TPSA) is 20.2 Å². The van der Waals surface area contributed by atoms with E-state index in [1.165, 1.54) is 20.9 Å². The second-order valence-electron chi connectivity index (χ2n) is 4.59. The second kappa shape index (κ2) is 5.59. The van der Waals surface area contributed by atoms with Gasteiger partial charge in [-0.25, -0.2) is 0 Å². The van der Waals surface area contributed by atoms with Crippen molar-refractivity contribution >= 4 is 11.8 Å². The van der Waals surface area contributed by atoms with Crippen LogP contribution in [-0.4, -0.2) is 5.11 Å². The standard InChI is InChI=1S/C16H18OS/c1-11-4-6-15(8-12(11)2)18-16-7-5-14(10-17)13(3)9-16/h4-9,17H,10H2,1-3H3. The Morgan fingerprint density at radius 3 is 2.00 bits per heavy atom. The number of aryl methyl sites for hydroxylation is 3. The van der Waals surface area contributed by atoms with Gasteiger partial charge in [0.2, 0.25) is 0 Å². The van der Waals surface area contributed by atoms with E-state index < -0.39 is 0 Å². The van der Waals surface area contributed by atoms with Crippen LogP contribution in [0.2, 0.25) is 0 Å². The van der Waals surface area contributed by atoms with Crippen molar-refractivity contribution in [2.45, 2.75) is 37.2 Å². The smallest absolute Gasteiger partial charge is 0.0684 e. The lowest BCUT2D eigenvalue weighted by Gasteiger charge is -2.08. The van der Waals surface area contributed by atoms with E-state index >= 15 is 0 Å². The van der Waals surface area contributed by atoms with Gasteiger partial charge in [-0.05, 0) is 67.3 Å². The Morgan fingerprint density at radius 1 is 0.833 bits per heavy atom. The number of aliphatic hydroxyl groups is 1. The molecule has 0 fully saturated rings. The molecule has 2 aromatic carbocycles. The lowest BCUT2D eigenvalue weighted by atomic mass is 10.1. The molecule has 0 radical (unpaired) electrons. The molecule has 1 N–H and O–H groups in total. The lowest BCUT2D eigenvalue weighted by molar-refractivity contribution is 0.281. The van der Waals surface area contributed by atoms with Crippen molar-refractivity contribution in [1.82, 2.24) is 0 Å². The van der Waals surface area contributed by atoms with E-state index in [9.17, 15) is 0 Å². The van der Waals surface area contributed by atoms with Gasteiger partial charge in [0, 0.05) is 9.79 Å². The predicted octanol–water partition coefficient (Wildman–Crippen LogP) is 4.26. The molecule has 0 aliphatic heterocycles. The second-order valence-corrected chi connectivity index (χ2v) is 5.74. The van der Waals surface area contributed by atoms with Crippen LogP contribution >= 0.6 is 11.8 Å². The van der Waals surface area contributed by atoms with Crippen LogP contribution in [0, 0.1) is 20.8 Å². The molecule has 0 heterocycles. The zero-order chi connectivity index (χ0) is 13.1. The van der Waals surface area contributed by atoms with Gasteiger partial charge in [0.25, 0.3) is 0 Å². The first-order valence-corrected chi connectivity index (χ1v) is 6.87. The van der Waals surface area contributed by atoms with Crippen LogP contribution in [0.1, 0.15) is 22.3 Å². The summed E-state index contributed by atoms with van der Waals surface area (Å²) in [5, 5.41) is 9.16. The molecule has 1 nitrogen and oxygen atoms in total. The van der Waals surface area contributed by atoms with E-state index in [1.807, 2.05) is 13.0 Å². The Balaban J connectivity index is 2.23. The molecule has 94 valence electrons. The Morgan fingerprint density at radius 2 is 1.44 bits per heavy atom. The molecule has 0 unspecified atom stereocenters. The first kappa shape index (κ1) is 13.2. The summed E-state index contributed by atoms with van der Waals surface area (Å²) in [6.45, 7) is 6.42. The van der Waals surface area contributed by atoms with E-state index in [2.05, 4.69) is 44.2 Å². The molecule has 0 amide bonds. The fraction of sp³-hybridized carbons (Fsp3) is 0.250. The maximum atomic E-state index is 9.16. The van der Waals surface area contributed by atoms with E-state index in [1.54, 1.807) is 11.8 Å². The zero-order valence-corrected chi connectivity index (χ0v) is 11.8. The Hall–Kier alpha value is -1.25. The normalized spacial score (nSPS) is 10.7. The van der Waals surface area contributed by atoms with Crippen molar-refractivity contribution in [1.29, 1.82) is 0 Å². The van der Waals surface area contributed by atoms with E-state index in [4.69, 9.17) is 5.11 Å². The molecule has 2 aromatic rings. The quantitative estimate of drug-likeness (QED) is 0.888. The van der Waals surface area contributed by atoms with Crippen LogP contribution in [0.5, 0.6) is 0 Å². The first-order chi connectivity index (χ1) is 8.60. The summed E-state index contributed by atoms with van der Waals surface area (Å²) in [4.78, 5) is 2.47. The molecule has 0 aromatic heterocycles. The molecular weight excluding hydrogens is 240 g/mol. The average molecular weight is 258 g/mol. The maximum Gasteiger partial charge on any atom is 0.0684 e. The molecular formula is C16H18OS. The van der Waals surface area contributed by atoms with Crippen LogP contribution in [0.25, 0.3) is 0 Å². The fourth-order valence-electron chi connectivity index (χ4n) is 1.82. The third kappa shape index (κ3) is 2.95. The summed E-state index contributed by atoms with van der Waals surface area (Å²) in [5.41, 5.74) is 4.79. The minimum Gasteiger partial charge on any atom is -0.392 e.